The summed E-state index contributed by atoms with van der Waals surface area (Å²) in [5.41, 5.74) is -1.01. The Morgan fingerprint density at radius 1 is 1.03 bits per heavy atom. The van der Waals surface area contributed by atoms with Crippen molar-refractivity contribution in [3.63, 3.8) is 0 Å². The van der Waals surface area contributed by atoms with Gasteiger partial charge in [0.1, 0.15) is 11.6 Å². The van der Waals surface area contributed by atoms with Crippen LogP contribution >= 0.6 is 0 Å². The smallest absolute Gasteiger partial charge is 0.417 e. The van der Waals surface area contributed by atoms with Crippen molar-refractivity contribution in [2.75, 3.05) is 11.9 Å². The molecule has 0 atom stereocenters. The lowest BCUT2D eigenvalue weighted by Crippen LogP contribution is -2.12. The van der Waals surface area contributed by atoms with Gasteiger partial charge in [-0.05, 0) is 42.7 Å². The molecule has 1 aliphatic rings. The molecule has 154 valence electrons. The van der Waals surface area contributed by atoms with Gasteiger partial charge in [-0.2, -0.15) is 26.3 Å². The SMILES string of the molecule is O=C(C=C1CCCOc2cc(C(F)(F)F)ccc21)Nc1ccc(C(F)(F)F)cn1. The minimum Gasteiger partial charge on any atom is -0.493 e. The highest BCUT2D eigenvalue weighted by atomic mass is 19.4. The molecule has 1 N–H and O–H groups in total. The number of nitrogens with zero attached hydrogens (tertiary/aromatic N) is 1. The van der Waals surface area contributed by atoms with E-state index in [0.29, 0.717) is 30.2 Å². The van der Waals surface area contributed by atoms with Gasteiger partial charge < -0.3 is 10.1 Å². The van der Waals surface area contributed by atoms with Gasteiger partial charge in [-0.15, -0.1) is 0 Å². The molecule has 3 rings (SSSR count). The van der Waals surface area contributed by atoms with Gasteiger partial charge in [-0.25, -0.2) is 4.98 Å². The number of alkyl halides is 6. The van der Waals surface area contributed by atoms with E-state index < -0.39 is 29.4 Å². The van der Waals surface area contributed by atoms with Crippen molar-refractivity contribution in [3.8, 4) is 5.75 Å². The molecular formula is C19H14F6N2O2. The molecule has 0 bridgehead atoms. The molecule has 4 nitrogen and oxygen atoms in total. The zero-order valence-corrected chi connectivity index (χ0v) is 14.7. The topological polar surface area (TPSA) is 51.2 Å². The van der Waals surface area contributed by atoms with Crippen LogP contribution in [0.4, 0.5) is 32.2 Å². The first-order valence-corrected chi connectivity index (χ1v) is 8.43. The third kappa shape index (κ3) is 5.07. The second kappa shape index (κ2) is 7.76. The monoisotopic (exact) mass is 416 g/mol. The normalized spacial score (nSPS) is 16.0. The number of pyridine rings is 1. The highest BCUT2D eigenvalue weighted by Crippen LogP contribution is 2.38. The van der Waals surface area contributed by atoms with Gasteiger partial charge in [0.2, 0.25) is 5.91 Å². The summed E-state index contributed by atoms with van der Waals surface area (Å²) in [6.45, 7) is 0.188. The quantitative estimate of drug-likeness (QED) is 0.533. The number of anilines is 1. The lowest BCUT2D eigenvalue weighted by molar-refractivity contribution is -0.138. The van der Waals surface area contributed by atoms with Crippen LogP contribution in [0, 0.1) is 0 Å². The summed E-state index contributed by atoms with van der Waals surface area (Å²) in [5, 5.41) is 2.34. The van der Waals surface area contributed by atoms with Crippen molar-refractivity contribution in [3.05, 3.63) is 59.3 Å². The number of nitrogens with one attached hydrogen (secondary N) is 1. The van der Waals surface area contributed by atoms with Crippen LogP contribution < -0.4 is 10.1 Å². The number of rotatable bonds is 2. The zero-order chi connectivity index (χ0) is 21.2. The number of ether oxygens (including phenoxy) is 1. The van der Waals surface area contributed by atoms with Gasteiger partial charge in [0, 0.05) is 17.8 Å². The molecular weight excluding hydrogens is 402 g/mol. The molecule has 0 saturated heterocycles. The number of carbonyl (C=O) groups excluding carboxylic acids is 1. The fraction of sp³-hybridized carbons (Fsp3) is 0.263. The van der Waals surface area contributed by atoms with Crippen LogP contribution in [0.3, 0.4) is 0 Å². The summed E-state index contributed by atoms with van der Waals surface area (Å²) >= 11 is 0. The van der Waals surface area contributed by atoms with E-state index in [1.807, 2.05) is 0 Å². The summed E-state index contributed by atoms with van der Waals surface area (Å²) in [7, 11) is 0. The number of aromatic nitrogens is 1. The lowest BCUT2D eigenvalue weighted by Gasteiger charge is -2.13. The van der Waals surface area contributed by atoms with Gasteiger partial charge >= 0.3 is 12.4 Å². The maximum Gasteiger partial charge on any atom is 0.417 e. The fourth-order valence-electron chi connectivity index (χ4n) is 2.77. The molecule has 1 aromatic heterocycles. The number of carbonyl (C=O) groups is 1. The van der Waals surface area contributed by atoms with E-state index in [0.717, 1.165) is 24.3 Å². The number of amides is 1. The summed E-state index contributed by atoms with van der Waals surface area (Å²) in [6.07, 6.45) is -6.44. The Morgan fingerprint density at radius 2 is 1.72 bits per heavy atom. The number of fused-ring (bicyclic) bond motifs is 1. The standard InChI is InChI=1S/C19H14F6N2O2/c20-18(21,22)12-3-5-14-11(2-1-7-29-15(14)9-12)8-17(28)27-16-6-4-13(10-26-16)19(23,24)25/h3-6,8-10H,1-2,7H2,(H,26,27,28). The van der Waals surface area contributed by atoms with Crippen molar-refractivity contribution in [2.24, 2.45) is 0 Å². The molecule has 29 heavy (non-hydrogen) atoms. The van der Waals surface area contributed by atoms with Crippen LogP contribution in [-0.4, -0.2) is 17.5 Å². The summed E-state index contributed by atoms with van der Waals surface area (Å²) in [5.74, 6) is -0.735. The Bertz CT molecular complexity index is 933. The van der Waals surface area contributed by atoms with Gasteiger partial charge in [-0.1, -0.05) is 6.07 Å². The summed E-state index contributed by atoms with van der Waals surface area (Å²) in [4.78, 5) is 15.8. The van der Waals surface area contributed by atoms with Crippen LogP contribution in [0.2, 0.25) is 0 Å². The Kier molecular flexibility index (Phi) is 5.54. The Balaban J connectivity index is 1.82. The van der Waals surface area contributed by atoms with E-state index in [4.69, 9.17) is 4.74 Å². The second-order valence-electron chi connectivity index (χ2n) is 6.25. The Labute approximate surface area is 161 Å². The molecule has 0 radical (unpaired) electrons. The van der Waals surface area contributed by atoms with Crippen LogP contribution in [0.15, 0.2) is 42.6 Å². The zero-order valence-electron chi connectivity index (χ0n) is 14.7. The second-order valence-corrected chi connectivity index (χ2v) is 6.25. The molecule has 0 saturated carbocycles. The molecule has 0 aliphatic carbocycles. The van der Waals surface area contributed by atoms with Crippen molar-refractivity contribution in [2.45, 2.75) is 25.2 Å². The molecule has 1 amide bonds. The van der Waals surface area contributed by atoms with E-state index >= 15 is 0 Å². The first kappa shape index (κ1) is 20.7. The van der Waals surface area contributed by atoms with Crippen LogP contribution in [0.5, 0.6) is 5.75 Å². The number of hydrogen-bond donors (Lipinski definition) is 1. The van der Waals surface area contributed by atoms with Gasteiger partial charge in [0.05, 0.1) is 17.7 Å². The number of hydrogen-bond acceptors (Lipinski definition) is 3. The largest absolute Gasteiger partial charge is 0.493 e. The average Bonchev–Trinajstić information content (AvgIpc) is 2.82. The van der Waals surface area contributed by atoms with Gasteiger partial charge in [-0.3, -0.25) is 4.79 Å². The molecule has 10 heteroatoms. The Hall–Kier alpha value is -3.04. The van der Waals surface area contributed by atoms with E-state index in [9.17, 15) is 31.1 Å². The molecule has 1 aliphatic heterocycles. The predicted octanol–water partition coefficient (Wildman–Crippen LogP) is 5.31. The van der Waals surface area contributed by atoms with Crippen molar-refractivity contribution in [1.29, 1.82) is 0 Å². The summed E-state index contributed by atoms with van der Waals surface area (Å²) in [6, 6.07) is 4.81. The highest BCUT2D eigenvalue weighted by Gasteiger charge is 2.32. The van der Waals surface area contributed by atoms with Crippen LogP contribution in [0.25, 0.3) is 5.57 Å². The summed E-state index contributed by atoms with van der Waals surface area (Å²) < 4.78 is 81.7. The molecule has 2 heterocycles. The van der Waals surface area contributed by atoms with Crippen LogP contribution in [0.1, 0.15) is 29.5 Å². The molecule has 2 aromatic rings. The molecule has 0 fully saturated rings. The van der Waals surface area contributed by atoms with Gasteiger partial charge in [0.25, 0.3) is 0 Å². The first-order valence-electron chi connectivity index (χ1n) is 8.43. The lowest BCUT2D eigenvalue weighted by atomic mass is 9.99. The first-order chi connectivity index (χ1) is 13.5. The highest BCUT2D eigenvalue weighted by molar-refractivity contribution is 6.04. The Morgan fingerprint density at radius 3 is 2.34 bits per heavy atom. The van der Waals surface area contributed by atoms with Crippen molar-refractivity contribution < 1.29 is 35.9 Å². The van der Waals surface area contributed by atoms with E-state index in [1.165, 1.54) is 12.1 Å². The number of halogens is 6. The fourth-order valence-corrected chi connectivity index (χ4v) is 2.77. The maximum absolute atomic E-state index is 12.9. The predicted molar refractivity (Wildman–Crippen MR) is 92.0 cm³/mol. The number of benzene rings is 1. The minimum atomic E-state index is -4.54. The molecule has 0 unspecified atom stereocenters. The van der Waals surface area contributed by atoms with E-state index in [2.05, 4.69) is 10.3 Å². The molecule has 1 aromatic carbocycles. The average molecular weight is 416 g/mol. The van der Waals surface area contributed by atoms with E-state index in [-0.39, 0.29) is 18.2 Å². The third-order valence-corrected chi connectivity index (χ3v) is 4.15. The van der Waals surface area contributed by atoms with Crippen molar-refractivity contribution in [1.82, 2.24) is 4.98 Å². The van der Waals surface area contributed by atoms with E-state index in [1.54, 1.807) is 0 Å². The van der Waals surface area contributed by atoms with Gasteiger partial charge in [0.15, 0.2) is 0 Å². The van der Waals surface area contributed by atoms with Crippen molar-refractivity contribution >= 4 is 17.3 Å². The number of allylic oxidation sites excluding steroid dienone is 1. The molecule has 0 spiro atoms. The minimum absolute atomic E-state index is 0.0176. The third-order valence-electron chi connectivity index (χ3n) is 4.15. The van der Waals surface area contributed by atoms with Crippen LogP contribution in [-0.2, 0) is 17.1 Å². The maximum atomic E-state index is 12.9.